The minimum Gasteiger partial charge on any atom is -0.477 e. The number of nitrogens with one attached hydrogen (secondary N) is 2. The van der Waals surface area contributed by atoms with Gasteiger partial charge in [0.2, 0.25) is 11.8 Å². The smallest absolute Gasteiger partial charge is 0.353 e. The number of rotatable bonds is 9. The Bertz CT molecular complexity index is 834. The highest BCUT2D eigenvalue weighted by atomic mass is 32.2. The molecule has 0 radical (unpaired) electrons. The number of aliphatic hydroxyl groups excluding tert-OH is 1. The number of carboxylic acids is 1. The molecule has 4 aliphatic heterocycles. The fraction of sp³-hybridized carbons (Fsp3) is 0.783. The molecule has 3 saturated heterocycles. The number of hydrogen-bond donors (Lipinski definition) is 4. The van der Waals surface area contributed by atoms with E-state index in [9.17, 15) is 24.6 Å². The van der Waals surface area contributed by atoms with Crippen molar-refractivity contribution < 1.29 is 24.6 Å². The summed E-state index contributed by atoms with van der Waals surface area (Å²) in [5.74, 6) is -1.41. The Balaban J connectivity index is 1.36. The lowest BCUT2D eigenvalue weighted by molar-refractivity contribution is -0.163. The average molecular weight is 481 g/mol. The summed E-state index contributed by atoms with van der Waals surface area (Å²) in [6.07, 6.45) is 3.15. The van der Waals surface area contributed by atoms with Gasteiger partial charge in [-0.25, -0.2) is 4.79 Å². The molecule has 0 aromatic heterocycles. The number of aliphatic hydroxyl groups is 1. The molecule has 4 N–H and O–H groups in total. The number of carbonyl (C=O) groups is 3. The van der Waals surface area contributed by atoms with Gasteiger partial charge in [-0.3, -0.25) is 9.59 Å². The van der Waals surface area contributed by atoms with Crippen LogP contribution < -0.4 is 10.6 Å². The molecule has 0 aliphatic carbocycles. The normalized spacial score (nSPS) is 34.6. The highest BCUT2D eigenvalue weighted by Gasteiger charge is 2.60. The van der Waals surface area contributed by atoms with Crippen molar-refractivity contribution in [3.05, 3.63) is 10.6 Å². The standard InChI is InChI=1S/C23H36N4O5S/c1-12-18-17(13(2)28)22(30)27(18)19(23(31)32)20(12)33-15-9-16(25-10-15)21(29)26-8-6-14(11-26)5-4-7-24-3/h12-18,24-25,28H,4-11H2,1-3H3,(H,31,32)/t12-,13-,14?,15+,16+,17?,18?/m1/s1. The second kappa shape index (κ2) is 9.93. The summed E-state index contributed by atoms with van der Waals surface area (Å²) in [4.78, 5) is 41.6. The Morgan fingerprint density at radius 1 is 1.36 bits per heavy atom. The molecular weight excluding hydrogens is 444 g/mol. The second-order valence-corrected chi connectivity index (χ2v) is 11.2. The SMILES string of the molecule is CNCCCC1CCN(C(=O)[C@@H]2C[C@H](SC3=C(C(=O)O)N4C(=O)C([C@@H](C)O)C4[C@H]3C)CN2)C1. The molecule has 9 nitrogen and oxygen atoms in total. The van der Waals surface area contributed by atoms with Crippen molar-refractivity contribution in [2.45, 2.75) is 63.0 Å². The van der Waals surface area contributed by atoms with E-state index in [2.05, 4.69) is 10.6 Å². The summed E-state index contributed by atoms with van der Waals surface area (Å²) in [7, 11) is 1.96. The van der Waals surface area contributed by atoms with E-state index in [1.54, 1.807) is 6.92 Å². The number of hydrogen-bond acceptors (Lipinski definition) is 7. The molecule has 0 aromatic carbocycles. The molecule has 2 amide bonds. The van der Waals surface area contributed by atoms with Crippen LogP contribution in [0.25, 0.3) is 0 Å². The summed E-state index contributed by atoms with van der Waals surface area (Å²) in [6, 6.07) is -0.546. The Kier molecular flexibility index (Phi) is 7.38. The lowest BCUT2D eigenvalue weighted by Crippen LogP contribution is -2.63. The molecule has 4 rings (SSSR count). The average Bonchev–Trinajstić information content (AvgIpc) is 3.47. The largest absolute Gasteiger partial charge is 0.477 e. The lowest BCUT2D eigenvalue weighted by atomic mass is 9.79. The van der Waals surface area contributed by atoms with Crippen LogP contribution in [0.2, 0.25) is 0 Å². The molecule has 0 bridgehead atoms. The van der Waals surface area contributed by atoms with Gasteiger partial charge >= 0.3 is 5.97 Å². The molecule has 4 aliphatic rings. The highest BCUT2D eigenvalue weighted by molar-refractivity contribution is 8.03. The minimum absolute atomic E-state index is 0.0538. The van der Waals surface area contributed by atoms with Crippen LogP contribution in [0.4, 0.5) is 0 Å². The number of carboxylic acid groups (broad SMARTS) is 1. The predicted octanol–water partition coefficient (Wildman–Crippen LogP) is 0.452. The molecule has 33 heavy (non-hydrogen) atoms. The zero-order valence-corrected chi connectivity index (χ0v) is 20.4. The molecule has 7 atom stereocenters. The van der Waals surface area contributed by atoms with Crippen LogP contribution in [-0.2, 0) is 14.4 Å². The van der Waals surface area contributed by atoms with Crippen molar-refractivity contribution in [2.24, 2.45) is 17.8 Å². The van der Waals surface area contributed by atoms with E-state index >= 15 is 0 Å². The molecule has 3 unspecified atom stereocenters. The van der Waals surface area contributed by atoms with Gasteiger partial charge in [0, 0.05) is 35.7 Å². The van der Waals surface area contributed by atoms with Gasteiger partial charge in [0.05, 0.1) is 24.1 Å². The molecule has 184 valence electrons. The first-order chi connectivity index (χ1) is 15.7. The quantitative estimate of drug-likeness (QED) is 0.277. The zero-order chi connectivity index (χ0) is 23.9. The Hall–Kier alpha value is -1.62. The van der Waals surface area contributed by atoms with Crippen LogP contribution in [0.15, 0.2) is 10.6 Å². The molecule has 4 heterocycles. The number of nitrogens with zero attached hydrogens (tertiary/aromatic N) is 2. The summed E-state index contributed by atoms with van der Waals surface area (Å²) in [5.41, 5.74) is 0.0538. The van der Waals surface area contributed by atoms with Gasteiger partial charge in [-0.1, -0.05) is 6.92 Å². The zero-order valence-electron chi connectivity index (χ0n) is 19.6. The maximum Gasteiger partial charge on any atom is 0.353 e. The van der Waals surface area contributed by atoms with Crippen molar-refractivity contribution in [1.29, 1.82) is 0 Å². The molecule has 3 fully saturated rings. The van der Waals surface area contributed by atoms with E-state index in [0.717, 1.165) is 38.9 Å². The number of thioether (sulfide) groups is 1. The molecular formula is C23H36N4O5S. The van der Waals surface area contributed by atoms with Gasteiger partial charge in [0.1, 0.15) is 5.70 Å². The Morgan fingerprint density at radius 3 is 2.79 bits per heavy atom. The van der Waals surface area contributed by atoms with E-state index in [0.29, 0.717) is 23.8 Å². The lowest BCUT2D eigenvalue weighted by Gasteiger charge is -2.46. The fourth-order valence-corrected chi connectivity index (χ4v) is 7.37. The Morgan fingerprint density at radius 2 is 2.12 bits per heavy atom. The monoisotopic (exact) mass is 480 g/mol. The fourth-order valence-electron chi connectivity index (χ4n) is 5.90. The van der Waals surface area contributed by atoms with Gasteiger partial charge in [0.25, 0.3) is 0 Å². The minimum atomic E-state index is -1.11. The van der Waals surface area contributed by atoms with E-state index < -0.39 is 18.0 Å². The van der Waals surface area contributed by atoms with Gasteiger partial charge in [0.15, 0.2) is 0 Å². The molecule has 0 aromatic rings. The summed E-state index contributed by atoms with van der Waals surface area (Å²) >= 11 is 1.48. The molecule has 10 heteroatoms. The number of carbonyl (C=O) groups excluding carboxylic acids is 2. The number of fused-ring (bicyclic) bond motifs is 1. The van der Waals surface area contributed by atoms with Crippen molar-refractivity contribution >= 4 is 29.5 Å². The predicted molar refractivity (Wildman–Crippen MR) is 125 cm³/mol. The van der Waals surface area contributed by atoms with Crippen molar-refractivity contribution in [3.8, 4) is 0 Å². The van der Waals surface area contributed by atoms with Crippen LogP contribution in [0.3, 0.4) is 0 Å². The van der Waals surface area contributed by atoms with Crippen LogP contribution in [0.1, 0.15) is 39.5 Å². The van der Waals surface area contributed by atoms with Crippen LogP contribution in [0.5, 0.6) is 0 Å². The number of β-lactam (4-membered cyclic amide) rings is 1. The third kappa shape index (κ3) is 4.54. The van der Waals surface area contributed by atoms with E-state index in [4.69, 9.17) is 0 Å². The first-order valence-electron chi connectivity index (χ1n) is 12.1. The molecule has 0 saturated carbocycles. The highest BCUT2D eigenvalue weighted by Crippen LogP contribution is 2.51. The Labute approximate surface area is 199 Å². The number of amides is 2. The maximum absolute atomic E-state index is 13.1. The van der Waals surface area contributed by atoms with E-state index in [1.807, 2.05) is 18.9 Å². The van der Waals surface area contributed by atoms with E-state index in [-0.39, 0.29) is 40.8 Å². The van der Waals surface area contributed by atoms with Gasteiger partial charge in [-0.05, 0) is 52.1 Å². The van der Waals surface area contributed by atoms with Gasteiger partial charge < -0.3 is 30.6 Å². The van der Waals surface area contributed by atoms with Crippen molar-refractivity contribution in [1.82, 2.24) is 20.4 Å². The topological polar surface area (TPSA) is 122 Å². The third-order valence-corrected chi connectivity index (χ3v) is 9.14. The number of aliphatic carboxylic acids is 1. The number of likely N-dealkylation sites (tertiary alicyclic amines) is 1. The van der Waals surface area contributed by atoms with Gasteiger partial charge in [-0.15, -0.1) is 11.8 Å². The molecule has 0 spiro atoms. The first kappa shape index (κ1) is 24.5. The van der Waals surface area contributed by atoms with Crippen molar-refractivity contribution in [2.75, 3.05) is 33.2 Å². The van der Waals surface area contributed by atoms with Crippen LogP contribution in [-0.4, -0.2) is 94.5 Å². The maximum atomic E-state index is 13.1. The summed E-state index contributed by atoms with van der Waals surface area (Å²) in [5, 5.41) is 26.4. The first-order valence-corrected chi connectivity index (χ1v) is 12.9. The second-order valence-electron chi connectivity index (χ2n) is 9.89. The van der Waals surface area contributed by atoms with Crippen LogP contribution >= 0.6 is 11.8 Å². The summed E-state index contributed by atoms with van der Waals surface area (Å²) < 4.78 is 0. The van der Waals surface area contributed by atoms with Crippen LogP contribution in [0, 0.1) is 17.8 Å². The third-order valence-electron chi connectivity index (χ3n) is 7.63. The summed E-state index contributed by atoms with van der Waals surface area (Å²) in [6.45, 7) is 6.78. The van der Waals surface area contributed by atoms with Crippen molar-refractivity contribution in [3.63, 3.8) is 0 Å². The van der Waals surface area contributed by atoms with Gasteiger partial charge in [-0.2, -0.15) is 0 Å². The van der Waals surface area contributed by atoms with E-state index in [1.165, 1.54) is 16.7 Å².